The summed E-state index contributed by atoms with van der Waals surface area (Å²) in [6, 6.07) is 10.2. The predicted molar refractivity (Wildman–Crippen MR) is 62.5 cm³/mol. The number of benzene rings is 1. The van der Waals surface area contributed by atoms with Gasteiger partial charge in [0, 0.05) is 6.92 Å². The molecule has 2 aromatic rings. The van der Waals surface area contributed by atoms with E-state index in [1.54, 1.807) is 19.4 Å². The minimum absolute atomic E-state index is 0.0419. The van der Waals surface area contributed by atoms with Crippen molar-refractivity contribution in [3.63, 3.8) is 0 Å². The summed E-state index contributed by atoms with van der Waals surface area (Å²) < 4.78 is 1.90. The number of Topliss-reactive ketones (excluding diaryl/α,β-unsaturated/α-hetero) is 1. The standard InChI is InChI=1S/C13H14N2O/c1-10(12-6-4-3-5-7-12)15-9-14-8-13(15)11(2)16/h3-10H,1-2H3. The summed E-state index contributed by atoms with van der Waals surface area (Å²) in [6.45, 7) is 3.62. The van der Waals surface area contributed by atoms with Crippen LogP contribution in [-0.4, -0.2) is 15.3 Å². The van der Waals surface area contributed by atoms with Gasteiger partial charge in [-0.05, 0) is 12.5 Å². The average molecular weight is 214 g/mol. The van der Waals surface area contributed by atoms with E-state index < -0.39 is 0 Å². The number of ketones is 1. The van der Waals surface area contributed by atoms with Crippen molar-refractivity contribution in [1.29, 1.82) is 0 Å². The zero-order chi connectivity index (χ0) is 11.5. The topological polar surface area (TPSA) is 34.9 Å². The molecule has 1 atom stereocenters. The van der Waals surface area contributed by atoms with Gasteiger partial charge in [0.2, 0.25) is 0 Å². The number of hydrogen-bond acceptors (Lipinski definition) is 2. The van der Waals surface area contributed by atoms with Gasteiger partial charge >= 0.3 is 0 Å². The summed E-state index contributed by atoms with van der Waals surface area (Å²) in [5, 5.41) is 0. The fourth-order valence-electron chi connectivity index (χ4n) is 1.78. The molecule has 1 unspecified atom stereocenters. The molecule has 3 nitrogen and oxygen atoms in total. The van der Waals surface area contributed by atoms with Gasteiger partial charge in [0.15, 0.2) is 5.78 Å². The summed E-state index contributed by atoms with van der Waals surface area (Å²) >= 11 is 0. The van der Waals surface area contributed by atoms with Crippen LogP contribution < -0.4 is 0 Å². The van der Waals surface area contributed by atoms with E-state index in [4.69, 9.17) is 0 Å². The van der Waals surface area contributed by atoms with Gasteiger partial charge in [0.05, 0.1) is 18.6 Å². The highest BCUT2D eigenvalue weighted by Crippen LogP contribution is 2.19. The van der Waals surface area contributed by atoms with Crippen LogP contribution in [0.3, 0.4) is 0 Å². The van der Waals surface area contributed by atoms with Crippen LogP contribution in [0.5, 0.6) is 0 Å². The molecule has 82 valence electrons. The van der Waals surface area contributed by atoms with E-state index in [1.807, 2.05) is 22.8 Å². The van der Waals surface area contributed by atoms with Gasteiger partial charge < -0.3 is 4.57 Å². The van der Waals surface area contributed by atoms with Crippen LogP contribution in [0.15, 0.2) is 42.9 Å². The molecule has 0 amide bonds. The van der Waals surface area contributed by atoms with E-state index in [9.17, 15) is 4.79 Å². The highest BCUT2D eigenvalue weighted by molar-refractivity contribution is 5.92. The lowest BCUT2D eigenvalue weighted by atomic mass is 10.1. The van der Waals surface area contributed by atoms with Crippen molar-refractivity contribution in [3.05, 3.63) is 54.1 Å². The maximum atomic E-state index is 11.4. The molecule has 0 fully saturated rings. The zero-order valence-corrected chi connectivity index (χ0v) is 9.42. The van der Waals surface area contributed by atoms with Crippen molar-refractivity contribution in [3.8, 4) is 0 Å². The number of carbonyl (C=O) groups excluding carboxylic acids is 1. The van der Waals surface area contributed by atoms with Crippen molar-refractivity contribution in [2.75, 3.05) is 0 Å². The van der Waals surface area contributed by atoms with Gasteiger partial charge in [-0.1, -0.05) is 30.3 Å². The number of hydrogen-bond donors (Lipinski definition) is 0. The van der Waals surface area contributed by atoms with Crippen molar-refractivity contribution >= 4 is 5.78 Å². The van der Waals surface area contributed by atoms with Gasteiger partial charge in [0.1, 0.15) is 5.69 Å². The summed E-state index contributed by atoms with van der Waals surface area (Å²) in [7, 11) is 0. The Balaban J connectivity index is 2.38. The number of aromatic nitrogens is 2. The highest BCUT2D eigenvalue weighted by atomic mass is 16.1. The second-order valence-electron chi connectivity index (χ2n) is 3.83. The molecule has 0 saturated heterocycles. The van der Waals surface area contributed by atoms with Crippen LogP contribution in [0.1, 0.15) is 35.9 Å². The fraction of sp³-hybridized carbons (Fsp3) is 0.231. The lowest BCUT2D eigenvalue weighted by molar-refractivity contribution is 0.100. The zero-order valence-electron chi connectivity index (χ0n) is 9.42. The number of imidazole rings is 1. The molecule has 3 heteroatoms. The molecule has 0 aliphatic carbocycles. The Hall–Kier alpha value is -1.90. The highest BCUT2D eigenvalue weighted by Gasteiger charge is 2.13. The molecular formula is C13H14N2O. The third-order valence-electron chi connectivity index (χ3n) is 2.73. The van der Waals surface area contributed by atoms with Crippen molar-refractivity contribution in [1.82, 2.24) is 9.55 Å². The molecule has 1 aromatic heterocycles. The first-order valence-electron chi connectivity index (χ1n) is 5.28. The maximum Gasteiger partial charge on any atom is 0.177 e. The number of nitrogens with zero attached hydrogens (tertiary/aromatic N) is 2. The molecular weight excluding hydrogens is 200 g/mol. The van der Waals surface area contributed by atoms with Gasteiger partial charge in [-0.2, -0.15) is 0 Å². The predicted octanol–water partition coefficient (Wildman–Crippen LogP) is 2.70. The van der Waals surface area contributed by atoms with Gasteiger partial charge in [-0.15, -0.1) is 0 Å². The molecule has 0 aliphatic rings. The fourth-order valence-corrected chi connectivity index (χ4v) is 1.78. The smallest absolute Gasteiger partial charge is 0.177 e. The lowest BCUT2D eigenvalue weighted by Crippen LogP contribution is -2.11. The van der Waals surface area contributed by atoms with E-state index >= 15 is 0 Å². The second kappa shape index (κ2) is 4.31. The summed E-state index contributed by atoms with van der Waals surface area (Å²) in [6.07, 6.45) is 3.32. The molecule has 2 rings (SSSR count). The molecule has 0 aliphatic heterocycles. The normalized spacial score (nSPS) is 12.4. The Morgan fingerprint density at radius 1 is 1.31 bits per heavy atom. The average Bonchev–Trinajstić information content (AvgIpc) is 2.78. The van der Waals surface area contributed by atoms with Crippen LogP contribution in [-0.2, 0) is 0 Å². The summed E-state index contributed by atoms with van der Waals surface area (Å²) in [4.78, 5) is 15.4. The first-order chi connectivity index (χ1) is 7.70. The van der Waals surface area contributed by atoms with E-state index in [2.05, 4.69) is 24.0 Å². The Bertz CT molecular complexity index is 488. The first-order valence-corrected chi connectivity index (χ1v) is 5.28. The SMILES string of the molecule is CC(=O)c1cncn1C(C)c1ccccc1. The number of rotatable bonds is 3. The first kappa shape index (κ1) is 10.6. The molecule has 0 spiro atoms. The Morgan fingerprint density at radius 2 is 2.00 bits per heavy atom. The molecule has 1 aromatic carbocycles. The minimum atomic E-state index is 0.0419. The van der Waals surface area contributed by atoms with Crippen LogP contribution >= 0.6 is 0 Å². The third-order valence-corrected chi connectivity index (χ3v) is 2.73. The van der Waals surface area contributed by atoms with Gasteiger partial charge in [0.25, 0.3) is 0 Å². The van der Waals surface area contributed by atoms with Gasteiger partial charge in [-0.25, -0.2) is 4.98 Å². The Labute approximate surface area is 94.7 Å². The molecule has 0 radical (unpaired) electrons. The summed E-state index contributed by atoms with van der Waals surface area (Å²) in [5.74, 6) is 0.0419. The van der Waals surface area contributed by atoms with E-state index in [-0.39, 0.29) is 11.8 Å². The lowest BCUT2D eigenvalue weighted by Gasteiger charge is -2.15. The second-order valence-corrected chi connectivity index (χ2v) is 3.83. The quantitative estimate of drug-likeness (QED) is 0.736. The molecule has 0 bridgehead atoms. The van der Waals surface area contributed by atoms with Crippen molar-refractivity contribution in [2.24, 2.45) is 0 Å². The molecule has 1 heterocycles. The number of carbonyl (C=O) groups is 1. The van der Waals surface area contributed by atoms with E-state index in [0.717, 1.165) is 0 Å². The van der Waals surface area contributed by atoms with Crippen LogP contribution in [0, 0.1) is 0 Å². The Kier molecular flexibility index (Phi) is 2.86. The van der Waals surface area contributed by atoms with Gasteiger partial charge in [-0.3, -0.25) is 4.79 Å². The molecule has 0 saturated carbocycles. The maximum absolute atomic E-state index is 11.4. The Morgan fingerprint density at radius 3 is 2.62 bits per heavy atom. The molecule has 16 heavy (non-hydrogen) atoms. The van der Waals surface area contributed by atoms with Crippen molar-refractivity contribution in [2.45, 2.75) is 19.9 Å². The van der Waals surface area contributed by atoms with Crippen LogP contribution in [0.4, 0.5) is 0 Å². The largest absolute Gasteiger partial charge is 0.321 e. The van der Waals surface area contributed by atoms with Crippen LogP contribution in [0.2, 0.25) is 0 Å². The monoisotopic (exact) mass is 214 g/mol. The third kappa shape index (κ3) is 1.89. The van der Waals surface area contributed by atoms with Crippen LogP contribution in [0.25, 0.3) is 0 Å². The van der Waals surface area contributed by atoms with Crippen molar-refractivity contribution < 1.29 is 4.79 Å². The summed E-state index contributed by atoms with van der Waals surface area (Å²) in [5.41, 5.74) is 1.82. The molecule has 0 N–H and O–H groups in total. The van der Waals surface area contributed by atoms with E-state index in [1.165, 1.54) is 5.56 Å². The van der Waals surface area contributed by atoms with E-state index in [0.29, 0.717) is 5.69 Å². The minimum Gasteiger partial charge on any atom is -0.321 e.